The van der Waals surface area contributed by atoms with Crippen molar-refractivity contribution in [3.05, 3.63) is 194 Å². The zero-order chi connectivity index (χ0) is 40.2. The van der Waals surface area contributed by atoms with Crippen molar-refractivity contribution in [2.75, 3.05) is 0 Å². The lowest BCUT2D eigenvalue weighted by Gasteiger charge is -2.11. The van der Waals surface area contributed by atoms with Crippen LogP contribution in [0.5, 0.6) is 23.0 Å². The zero-order valence-corrected chi connectivity index (χ0v) is 31.6. The van der Waals surface area contributed by atoms with Crippen LogP contribution in [0.4, 0.5) is 8.78 Å². The first kappa shape index (κ1) is 35.0. The van der Waals surface area contributed by atoms with E-state index in [-0.39, 0.29) is 11.6 Å². The van der Waals surface area contributed by atoms with Crippen LogP contribution in [-0.2, 0) is 0 Å². The molecule has 0 saturated heterocycles. The number of fused-ring (bicyclic) bond motifs is 6. The molecule has 0 saturated carbocycles. The van der Waals surface area contributed by atoms with E-state index in [0.29, 0.717) is 34.4 Å². The maximum Gasteiger partial charge on any atom is 0.174 e. The van der Waals surface area contributed by atoms with Gasteiger partial charge in [0.15, 0.2) is 23.3 Å². The van der Waals surface area contributed by atoms with Crippen LogP contribution in [0.25, 0.3) is 77.8 Å². The van der Waals surface area contributed by atoms with Gasteiger partial charge in [0.2, 0.25) is 0 Å². The molecule has 60 heavy (non-hydrogen) atoms. The number of benzene rings is 6. The summed E-state index contributed by atoms with van der Waals surface area (Å²) in [5.74, 6) is 2.02. The third-order valence-corrected chi connectivity index (χ3v) is 10.6. The highest BCUT2D eigenvalue weighted by Gasteiger charge is 2.18. The molecule has 0 spiro atoms. The summed E-state index contributed by atoms with van der Waals surface area (Å²) in [5.41, 5.74) is 6.26. The lowest BCUT2D eigenvalue weighted by atomic mass is 10.1. The van der Waals surface area contributed by atoms with E-state index < -0.39 is 11.6 Å². The van der Waals surface area contributed by atoms with Gasteiger partial charge in [-0.05, 0) is 84.9 Å². The van der Waals surface area contributed by atoms with Crippen molar-refractivity contribution < 1.29 is 18.3 Å². The number of hydrogen-bond donors (Lipinski definition) is 0. The molecule has 5 aromatic heterocycles. The summed E-state index contributed by atoms with van der Waals surface area (Å²) in [6, 6.07) is 48.7. The molecule has 0 aliphatic carbocycles. The number of rotatable bonds is 8. The van der Waals surface area contributed by atoms with Crippen molar-refractivity contribution >= 4 is 43.6 Å². The Hall–Kier alpha value is -8.24. The van der Waals surface area contributed by atoms with Crippen molar-refractivity contribution in [2.24, 2.45) is 0 Å². The highest BCUT2D eigenvalue weighted by Crippen LogP contribution is 2.38. The van der Waals surface area contributed by atoms with E-state index in [0.717, 1.165) is 54.7 Å². The van der Waals surface area contributed by atoms with Crippen LogP contribution in [-0.4, -0.2) is 29.1 Å². The number of ether oxygens (including phenoxy) is 2. The summed E-state index contributed by atoms with van der Waals surface area (Å²) in [5, 5.41) is 3.91. The van der Waals surface area contributed by atoms with E-state index in [1.807, 2.05) is 143 Å². The highest BCUT2D eigenvalue weighted by atomic mass is 19.1. The summed E-state index contributed by atoms with van der Waals surface area (Å²) in [6.45, 7) is 0. The summed E-state index contributed by atoms with van der Waals surface area (Å²) >= 11 is 0. The molecule has 0 unspecified atom stereocenters. The minimum atomic E-state index is -0.414. The van der Waals surface area contributed by atoms with Gasteiger partial charge in [-0.2, -0.15) is 0 Å². The van der Waals surface area contributed by atoms with Gasteiger partial charge in [0.25, 0.3) is 0 Å². The molecule has 8 nitrogen and oxygen atoms in total. The fraction of sp³-hybridized carbons (Fsp3) is 0. The monoisotopic (exact) mass is 784 g/mol. The molecule has 5 heterocycles. The molecule has 11 rings (SSSR count). The predicted molar refractivity (Wildman–Crippen MR) is 230 cm³/mol. The molecule has 10 heteroatoms. The van der Waals surface area contributed by atoms with Gasteiger partial charge in [0, 0.05) is 57.2 Å². The van der Waals surface area contributed by atoms with Gasteiger partial charge in [0.05, 0.1) is 45.8 Å². The highest BCUT2D eigenvalue weighted by molar-refractivity contribution is 6.10. The molecular weight excluding hydrogens is 755 g/mol. The Morgan fingerprint density at radius 2 is 0.800 bits per heavy atom. The average molecular weight is 785 g/mol. The Labute approximate surface area is 341 Å². The van der Waals surface area contributed by atoms with Crippen LogP contribution in [0.1, 0.15) is 0 Å². The Balaban J connectivity index is 0.854. The summed E-state index contributed by atoms with van der Waals surface area (Å²) in [4.78, 5) is 18.3. The first-order valence-corrected chi connectivity index (χ1v) is 19.2. The zero-order valence-electron chi connectivity index (χ0n) is 31.6. The molecule has 0 amide bonds. The summed E-state index contributed by atoms with van der Waals surface area (Å²) < 4.78 is 46.6. The van der Waals surface area contributed by atoms with E-state index >= 15 is 8.78 Å². The van der Waals surface area contributed by atoms with E-state index in [4.69, 9.17) is 19.4 Å². The van der Waals surface area contributed by atoms with E-state index in [9.17, 15) is 0 Å². The van der Waals surface area contributed by atoms with Crippen LogP contribution < -0.4 is 9.47 Å². The number of aromatic nitrogens is 6. The second kappa shape index (κ2) is 14.3. The number of halogens is 2. The minimum absolute atomic E-state index is 0.224. The van der Waals surface area contributed by atoms with Gasteiger partial charge >= 0.3 is 0 Å². The van der Waals surface area contributed by atoms with E-state index in [1.54, 1.807) is 36.9 Å². The molecule has 0 atom stereocenters. The first-order valence-electron chi connectivity index (χ1n) is 19.2. The third-order valence-electron chi connectivity index (χ3n) is 10.6. The third kappa shape index (κ3) is 6.06. The van der Waals surface area contributed by atoms with Gasteiger partial charge in [-0.15, -0.1) is 0 Å². The molecule has 11 aromatic rings. The smallest absolute Gasteiger partial charge is 0.174 e. The van der Waals surface area contributed by atoms with Crippen molar-refractivity contribution in [1.82, 2.24) is 29.1 Å². The fourth-order valence-corrected chi connectivity index (χ4v) is 7.90. The van der Waals surface area contributed by atoms with Crippen molar-refractivity contribution in [3.63, 3.8) is 0 Å². The number of pyridine rings is 2. The molecule has 0 aliphatic rings. The normalized spacial score (nSPS) is 11.5. The lowest BCUT2D eigenvalue weighted by molar-refractivity contribution is 0.483. The van der Waals surface area contributed by atoms with Crippen molar-refractivity contribution in [3.8, 4) is 57.1 Å². The maximum absolute atomic E-state index is 15.1. The Morgan fingerprint density at radius 3 is 1.25 bits per heavy atom. The van der Waals surface area contributed by atoms with Crippen LogP contribution in [0.15, 0.2) is 183 Å². The molecule has 0 bridgehead atoms. The van der Waals surface area contributed by atoms with Gasteiger partial charge in [-0.25, -0.2) is 18.7 Å². The van der Waals surface area contributed by atoms with E-state index in [2.05, 4.69) is 9.97 Å². The quantitative estimate of drug-likeness (QED) is 0.153. The number of para-hydroxylation sites is 2. The van der Waals surface area contributed by atoms with E-state index in [1.165, 1.54) is 12.1 Å². The average Bonchev–Trinajstić information content (AvgIpc) is 3.79. The van der Waals surface area contributed by atoms with Gasteiger partial charge in [-0.3, -0.25) is 19.1 Å². The maximum atomic E-state index is 15.1. The van der Waals surface area contributed by atoms with Gasteiger partial charge in [-0.1, -0.05) is 60.7 Å². The Kier molecular flexibility index (Phi) is 8.33. The molecule has 0 radical (unpaired) electrons. The second-order valence-electron chi connectivity index (χ2n) is 14.2. The Morgan fingerprint density at radius 1 is 0.367 bits per heavy atom. The predicted octanol–water partition coefficient (Wildman–Crippen LogP) is 12.7. The SMILES string of the molecule is Fc1cccnc1-n1c2ccccc2c2ccc(Oc3cccc(-c4cnc(-c5cccc(Oc6ccc7c8ccccc8n(-c8ncccc8F)c7c6)c5)cn4)c3)cc21. The van der Waals surface area contributed by atoms with Gasteiger partial charge < -0.3 is 9.47 Å². The van der Waals surface area contributed by atoms with Crippen LogP contribution in [0.2, 0.25) is 0 Å². The molecule has 0 N–H and O–H groups in total. The molecule has 6 aromatic carbocycles. The van der Waals surface area contributed by atoms with Gasteiger partial charge in [0.1, 0.15) is 23.0 Å². The van der Waals surface area contributed by atoms with Crippen LogP contribution in [0.3, 0.4) is 0 Å². The molecule has 286 valence electrons. The largest absolute Gasteiger partial charge is 0.457 e. The van der Waals surface area contributed by atoms with Crippen LogP contribution in [0, 0.1) is 11.6 Å². The molecule has 0 aliphatic heterocycles. The fourth-order valence-electron chi connectivity index (χ4n) is 7.90. The molecular formula is C50H30F2N6O2. The topological polar surface area (TPSA) is 79.9 Å². The summed E-state index contributed by atoms with van der Waals surface area (Å²) in [7, 11) is 0. The minimum Gasteiger partial charge on any atom is -0.457 e. The summed E-state index contributed by atoms with van der Waals surface area (Å²) in [6.07, 6.45) is 6.64. The van der Waals surface area contributed by atoms with Crippen molar-refractivity contribution in [1.29, 1.82) is 0 Å². The molecule has 0 fully saturated rings. The number of hydrogen-bond acceptors (Lipinski definition) is 6. The Bertz CT molecular complexity index is 3210. The van der Waals surface area contributed by atoms with Crippen LogP contribution >= 0.6 is 0 Å². The lowest BCUT2D eigenvalue weighted by Crippen LogP contribution is -2.00. The van der Waals surface area contributed by atoms with Crippen molar-refractivity contribution in [2.45, 2.75) is 0 Å². The second-order valence-corrected chi connectivity index (χ2v) is 14.2. The number of nitrogens with zero attached hydrogens (tertiary/aromatic N) is 6. The standard InChI is InChI=1S/C50H30F2N6O2/c51-41-15-7-23-53-49(41)57-45-17-3-1-13-37(45)39-21-19-35(27-47(39)57)59-33-11-5-9-31(25-33)43-29-56-44(30-55-43)32-10-6-12-34(26-32)60-36-20-22-40-38-14-2-4-18-46(38)58(48(40)28-36)50-42(52)16-8-24-54-50/h1-30H. The first-order chi connectivity index (χ1) is 29.6.